The zero-order chi connectivity index (χ0) is 52.0. The van der Waals surface area contributed by atoms with Crippen LogP contribution in [0.1, 0.15) is 134 Å². The van der Waals surface area contributed by atoms with Crippen LogP contribution < -0.4 is 10.6 Å². The highest BCUT2D eigenvalue weighted by molar-refractivity contribution is 8.01. The first-order valence-electron chi connectivity index (χ1n) is 26.8. The third kappa shape index (κ3) is 14.3. The number of nitrogens with zero attached hydrogens (tertiary/aromatic N) is 3. The summed E-state index contributed by atoms with van der Waals surface area (Å²) in [7, 11) is -6.30. The van der Waals surface area contributed by atoms with Gasteiger partial charge in [-0.15, -0.1) is 5.10 Å². The van der Waals surface area contributed by atoms with E-state index in [2.05, 4.69) is 83.3 Å². The summed E-state index contributed by atoms with van der Waals surface area (Å²) in [5.74, 6) is -0.730. The Balaban J connectivity index is 1.77. The molecule has 396 valence electrons. The number of phenols is 1. The van der Waals surface area contributed by atoms with Crippen LogP contribution in [0.15, 0.2) is 53.6 Å². The molecule has 2 aliphatic rings. The molecule has 1 saturated heterocycles. The van der Waals surface area contributed by atoms with Gasteiger partial charge in [0.2, 0.25) is 10.8 Å². The van der Waals surface area contributed by atoms with E-state index in [1.165, 1.54) is 25.3 Å². The molecule has 18 heteroatoms. The molecule has 1 saturated carbocycles. The second-order valence-electron chi connectivity index (χ2n) is 20.0. The summed E-state index contributed by atoms with van der Waals surface area (Å²) >= 11 is 1.29. The number of esters is 1. The second-order valence-corrected chi connectivity index (χ2v) is 35.5. The first kappa shape index (κ1) is 58.5. The highest BCUT2D eigenvalue weighted by Crippen LogP contribution is 2.48. The van der Waals surface area contributed by atoms with Crippen LogP contribution in [0.3, 0.4) is 0 Å². The average Bonchev–Trinajstić information content (AvgIpc) is 3.87. The number of hydrogen-bond acceptors (Lipinski definition) is 12. The lowest BCUT2D eigenvalue weighted by atomic mass is 9.87. The number of nitrogens with one attached hydrogen (secondary N) is 2. The minimum atomic E-state index is -2.64. The molecule has 1 aromatic heterocycles. The summed E-state index contributed by atoms with van der Waals surface area (Å²) in [6, 6.07) is 19.5. The Kier molecular flexibility index (Phi) is 22.0. The number of carbonyl (C=O) groups excluding carboxylic acids is 3. The van der Waals surface area contributed by atoms with E-state index < -0.39 is 66.3 Å². The van der Waals surface area contributed by atoms with Gasteiger partial charge in [-0.25, -0.2) is 9.48 Å². The molecule has 1 aliphatic heterocycles. The molecule has 71 heavy (non-hydrogen) atoms. The lowest BCUT2D eigenvalue weighted by molar-refractivity contribution is -0.200. The van der Waals surface area contributed by atoms with Crippen molar-refractivity contribution in [3.8, 4) is 5.75 Å². The lowest BCUT2D eigenvalue weighted by Gasteiger charge is -2.53. The maximum absolute atomic E-state index is 14.9. The predicted molar refractivity (Wildman–Crippen MR) is 290 cm³/mol. The molecule has 0 radical (unpaired) electrons. The molecule has 5 rings (SSSR count). The van der Waals surface area contributed by atoms with Crippen molar-refractivity contribution in [3.63, 3.8) is 0 Å². The van der Waals surface area contributed by atoms with Gasteiger partial charge in [0, 0.05) is 35.5 Å². The van der Waals surface area contributed by atoms with Crippen molar-refractivity contribution in [1.82, 2.24) is 25.6 Å². The predicted octanol–water partition coefficient (Wildman–Crippen LogP) is 11.2. The number of benzene rings is 2. The standard InChI is InChI=1S/C53H87N5O9SSi3/c1-13-69(14-2,15-3)65-44-34-53(52(62)63-12,68-42-30-26-23-27-31-42)64-50(47(44)55-46(59)37-58-36-43(56-57-58)40-28-24-22-25-29-40)49(67-71(19-7,20-8)21-9)45(66-70(16-4,17-5)18-6)35-54-51(61)41-32-38(10)48(60)39(11)33-41/h23,26-27,30-33,36,40,44-45,47,49-50,60H,13-22,24-25,28-29,34-35,37H2,1-12H3,(H,54,61)(H,55,59)/t44-,45+,47+,49+,50+,53?/m0/s1. The number of thioether (sulfide) groups is 1. The van der Waals surface area contributed by atoms with Gasteiger partial charge < -0.3 is 38.5 Å². The smallest absolute Gasteiger partial charge is 0.349 e. The number of aromatic hydroxyl groups is 1. The van der Waals surface area contributed by atoms with E-state index in [1.807, 2.05) is 36.5 Å². The number of carbonyl (C=O) groups is 3. The molecule has 1 aliphatic carbocycles. The largest absolute Gasteiger partial charge is 0.507 e. The third-order valence-electron chi connectivity index (χ3n) is 16.2. The molecule has 14 nitrogen and oxygen atoms in total. The van der Waals surface area contributed by atoms with E-state index in [1.54, 1.807) is 30.7 Å². The van der Waals surface area contributed by atoms with Crippen molar-refractivity contribution in [2.24, 2.45) is 0 Å². The number of methoxy groups -OCH3 is 1. The van der Waals surface area contributed by atoms with Crippen LogP contribution in [0.25, 0.3) is 0 Å². The Morgan fingerprint density at radius 2 is 1.39 bits per heavy atom. The van der Waals surface area contributed by atoms with Crippen molar-refractivity contribution in [2.45, 2.75) is 222 Å². The summed E-state index contributed by atoms with van der Waals surface area (Å²) in [5.41, 5.74) is 2.52. The maximum atomic E-state index is 14.9. The van der Waals surface area contributed by atoms with Crippen molar-refractivity contribution >= 4 is 54.5 Å². The summed E-state index contributed by atoms with van der Waals surface area (Å²) in [6.45, 7) is 23.1. The van der Waals surface area contributed by atoms with Gasteiger partial charge >= 0.3 is 5.97 Å². The van der Waals surface area contributed by atoms with Crippen molar-refractivity contribution in [2.75, 3.05) is 13.7 Å². The second kappa shape index (κ2) is 26.7. The number of phenolic OH excluding ortho intramolecular Hbond substituents is 1. The van der Waals surface area contributed by atoms with E-state index in [0.717, 1.165) is 90.7 Å². The van der Waals surface area contributed by atoms with Gasteiger partial charge in [-0.2, -0.15) is 0 Å². The maximum Gasteiger partial charge on any atom is 0.349 e. The summed E-state index contributed by atoms with van der Waals surface area (Å²) in [5, 5.41) is 26.4. The molecule has 3 N–H and O–H groups in total. The Morgan fingerprint density at radius 3 is 1.94 bits per heavy atom. The van der Waals surface area contributed by atoms with Crippen molar-refractivity contribution in [1.29, 1.82) is 0 Å². The topological polar surface area (TPSA) is 172 Å². The Labute approximate surface area is 432 Å². The van der Waals surface area contributed by atoms with E-state index in [4.69, 9.17) is 22.8 Å². The summed E-state index contributed by atoms with van der Waals surface area (Å²) in [4.78, 5) is 43.3. The van der Waals surface area contributed by atoms with Crippen LogP contribution in [0.2, 0.25) is 54.4 Å². The number of hydrogen-bond donors (Lipinski definition) is 3. The van der Waals surface area contributed by atoms with E-state index >= 15 is 0 Å². The molecule has 2 amide bonds. The van der Waals surface area contributed by atoms with Crippen LogP contribution in [0.4, 0.5) is 0 Å². The number of aromatic nitrogens is 3. The number of ether oxygens (including phenoxy) is 2. The number of amides is 2. The van der Waals surface area contributed by atoms with Gasteiger partial charge in [-0.05, 0) is 116 Å². The van der Waals surface area contributed by atoms with Gasteiger partial charge in [-0.1, -0.05) is 117 Å². The van der Waals surface area contributed by atoms with Crippen LogP contribution in [0, 0.1) is 13.8 Å². The monoisotopic (exact) mass is 1050 g/mol. The van der Waals surface area contributed by atoms with Crippen molar-refractivity contribution in [3.05, 3.63) is 71.0 Å². The SMILES string of the molecule is CC[Si](CC)(CC)O[C@@H]([C@@H]1OC(Sc2ccccc2)(C(=O)OC)C[C@H](O[Si](CC)(CC)CC)[C@H]1NC(=O)Cn1cc(C2CCCCC2)nn1)[C@@H](CNC(=O)c1cc(C)c(O)c(C)c1)O[Si](CC)(CC)CC. The summed E-state index contributed by atoms with van der Waals surface area (Å²) in [6.07, 6.45) is 4.14. The molecule has 2 aromatic carbocycles. The zero-order valence-electron chi connectivity index (χ0n) is 45.1. The fourth-order valence-corrected chi connectivity index (χ4v) is 20.7. The minimum absolute atomic E-state index is 0.0441. The molecular formula is C53H87N5O9SSi3. The number of rotatable bonds is 27. The van der Waals surface area contributed by atoms with Crippen LogP contribution in [-0.2, 0) is 38.9 Å². The fraction of sp³-hybridized carbons (Fsp3) is 0.679. The van der Waals surface area contributed by atoms with Crippen LogP contribution in [0.5, 0.6) is 5.75 Å². The zero-order valence-corrected chi connectivity index (χ0v) is 48.9. The van der Waals surface area contributed by atoms with Crippen LogP contribution in [-0.4, -0.2) is 112 Å². The van der Waals surface area contributed by atoms with Gasteiger partial charge in [0.15, 0.2) is 25.0 Å². The van der Waals surface area contributed by atoms with Gasteiger partial charge in [0.05, 0.1) is 31.1 Å². The molecule has 2 heterocycles. The molecule has 1 unspecified atom stereocenters. The number of aryl methyl sites for hydroxylation is 2. The average molecular weight is 1050 g/mol. The third-order valence-corrected chi connectivity index (χ3v) is 31.4. The van der Waals surface area contributed by atoms with E-state index in [0.29, 0.717) is 22.6 Å². The first-order valence-corrected chi connectivity index (χ1v) is 35.2. The molecular weight excluding hydrogens is 967 g/mol. The van der Waals surface area contributed by atoms with E-state index in [-0.39, 0.29) is 37.1 Å². The Bertz CT molecular complexity index is 2120. The van der Waals surface area contributed by atoms with E-state index in [9.17, 15) is 19.5 Å². The van der Waals surface area contributed by atoms with Gasteiger partial charge in [0.25, 0.3) is 5.91 Å². The molecule has 0 bridgehead atoms. The lowest BCUT2D eigenvalue weighted by Crippen LogP contribution is -2.70. The van der Waals surface area contributed by atoms with Crippen molar-refractivity contribution < 1.29 is 42.2 Å². The molecule has 0 spiro atoms. The normalized spacial score (nSPS) is 21.1. The molecule has 2 fully saturated rings. The summed E-state index contributed by atoms with van der Waals surface area (Å²) < 4.78 is 38.0. The Morgan fingerprint density at radius 1 is 0.831 bits per heavy atom. The molecule has 3 aromatic rings. The van der Waals surface area contributed by atoms with Gasteiger partial charge in [-0.3, -0.25) is 9.59 Å². The quantitative estimate of drug-likeness (QED) is 0.0488. The molecule has 6 atom stereocenters. The van der Waals surface area contributed by atoms with Crippen LogP contribution >= 0.6 is 11.8 Å². The Hall–Kier alpha value is -3.37. The van der Waals surface area contributed by atoms with Gasteiger partial charge in [0.1, 0.15) is 24.5 Å². The highest BCUT2D eigenvalue weighted by Gasteiger charge is 2.59. The minimum Gasteiger partial charge on any atom is -0.507 e. The fourth-order valence-electron chi connectivity index (χ4n) is 10.8. The highest BCUT2D eigenvalue weighted by atomic mass is 32.2. The first-order chi connectivity index (χ1) is 34.0.